The summed E-state index contributed by atoms with van der Waals surface area (Å²) in [6.07, 6.45) is -0.118. The molecule has 13 heteroatoms. The number of hydrogen-bond acceptors (Lipinski definition) is 7. The second-order valence-electron chi connectivity index (χ2n) is 11.9. The molecule has 0 spiro atoms. The molecule has 0 saturated carbocycles. The van der Waals surface area contributed by atoms with Gasteiger partial charge in [-0.2, -0.15) is 0 Å². The Morgan fingerprint density at radius 2 is 1.19 bits per heavy atom. The highest BCUT2D eigenvalue weighted by molar-refractivity contribution is 5.95. The largest absolute Gasteiger partial charge is 0.508 e. The molecule has 1 aromatic rings. The van der Waals surface area contributed by atoms with E-state index in [0.717, 1.165) is 0 Å². The minimum absolute atomic E-state index is 0.00157. The number of carboxylic acid groups (broad SMARTS) is 1. The molecule has 0 saturated heterocycles. The first-order valence-electron chi connectivity index (χ1n) is 14.5. The molecule has 0 radical (unpaired) electrons. The molecule has 8 N–H and O–H groups in total. The number of hydrogen-bond donors (Lipinski definition) is 7. The van der Waals surface area contributed by atoms with E-state index in [-0.39, 0.29) is 49.7 Å². The van der Waals surface area contributed by atoms with Crippen LogP contribution in [0.1, 0.15) is 72.8 Å². The summed E-state index contributed by atoms with van der Waals surface area (Å²) in [4.78, 5) is 75.2. The second-order valence-corrected chi connectivity index (χ2v) is 11.9. The third-order valence-electron chi connectivity index (χ3n) is 6.55. The maximum absolute atomic E-state index is 13.4. The van der Waals surface area contributed by atoms with E-state index in [0.29, 0.717) is 5.56 Å². The zero-order valence-electron chi connectivity index (χ0n) is 25.8. The first kappa shape index (κ1) is 36.9. The van der Waals surface area contributed by atoms with Crippen LogP contribution in [0.3, 0.4) is 0 Å². The van der Waals surface area contributed by atoms with Crippen molar-refractivity contribution in [3.05, 3.63) is 29.8 Å². The van der Waals surface area contributed by atoms with Gasteiger partial charge in [0.25, 0.3) is 0 Å². The lowest BCUT2D eigenvalue weighted by Gasteiger charge is -2.28. The summed E-state index contributed by atoms with van der Waals surface area (Å²) in [7, 11) is 0. The number of amides is 5. The first-order valence-corrected chi connectivity index (χ1v) is 14.5. The van der Waals surface area contributed by atoms with Crippen molar-refractivity contribution >= 4 is 35.5 Å². The van der Waals surface area contributed by atoms with Crippen LogP contribution in [0.4, 0.5) is 0 Å². The molecular weight excluding hydrogens is 558 g/mol. The van der Waals surface area contributed by atoms with E-state index in [1.54, 1.807) is 26.0 Å². The van der Waals surface area contributed by atoms with Gasteiger partial charge in [-0.3, -0.25) is 28.8 Å². The van der Waals surface area contributed by atoms with Gasteiger partial charge in [-0.1, -0.05) is 53.7 Å². The van der Waals surface area contributed by atoms with Gasteiger partial charge in [-0.25, -0.2) is 0 Å². The number of phenolic OH excluding ortho intramolecular Hbond substituents is 1. The molecule has 0 heterocycles. The number of nitrogens with one attached hydrogen (secondary N) is 4. The molecule has 0 aliphatic rings. The monoisotopic (exact) mass is 605 g/mol. The third-order valence-corrected chi connectivity index (χ3v) is 6.55. The fourth-order valence-electron chi connectivity index (χ4n) is 4.31. The summed E-state index contributed by atoms with van der Waals surface area (Å²) in [6.45, 7) is 10.9. The third kappa shape index (κ3) is 14.0. The predicted octanol–water partition coefficient (Wildman–Crippen LogP) is 0.972. The highest BCUT2D eigenvalue weighted by Gasteiger charge is 2.33. The van der Waals surface area contributed by atoms with Crippen LogP contribution < -0.4 is 27.0 Å². The Bertz CT molecular complexity index is 1120. The minimum atomic E-state index is -1.14. The van der Waals surface area contributed by atoms with Crippen LogP contribution >= 0.6 is 0 Å². The Morgan fingerprint density at radius 1 is 0.698 bits per heavy atom. The van der Waals surface area contributed by atoms with E-state index in [9.17, 15) is 33.9 Å². The summed E-state index contributed by atoms with van der Waals surface area (Å²) < 4.78 is 0. The number of carbonyl (C=O) groups excluding carboxylic acids is 5. The Kier molecular flexibility index (Phi) is 15.2. The number of aromatic hydroxyl groups is 1. The average Bonchev–Trinajstić information content (AvgIpc) is 2.89. The molecule has 4 atom stereocenters. The maximum Gasteiger partial charge on any atom is 0.303 e. The van der Waals surface area contributed by atoms with E-state index in [2.05, 4.69) is 21.3 Å². The van der Waals surface area contributed by atoms with Crippen LogP contribution in [0.5, 0.6) is 5.75 Å². The van der Waals surface area contributed by atoms with Crippen LogP contribution in [0.2, 0.25) is 0 Å². The number of primary amides is 1. The molecule has 240 valence electrons. The zero-order valence-corrected chi connectivity index (χ0v) is 25.8. The maximum atomic E-state index is 13.4. The number of carboxylic acids is 1. The van der Waals surface area contributed by atoms with Crippen molar-refractivity contribution in [2.24, 2.45) is 23.5 Å². The molecule has 0 bridgehead atoms. The van der Waals surface area contributed by atoms with E-state index in [4.69, 9.17) is 10.8 Å². The standard InChI is InChI=1S/C30H47N5O8/c1-16(2)13-22(32-24(37)11-12-25(38)39)28(41)34-23(14-17(3)4)29(42)35-26(18(5)6)30(43)33-21(27(31)40)15-19-7-9-20(36)10-8-19/h7-10,16-18,21-23,26,36H,11-15H2,1-6H3,(H2,31,40)(H,32,37)(H,33,43)(H,34,41)(H,35,42)(H,38,39)/t21-,22-,23-,26-/m0/s1. The molecule has 5 amide bonds. The van der Waals surface area contributed by atoms with Crippen LogP contribution in [0.25, 0.3) is 0 Å². The van der Waals surface area contributed by atoms with Gasteiger partial charge in [0.1, 0.15) is 29.9 Å². The average molecular weight is 606 g/mol. The lowest BCUT2D eigenvalue weighted by Crippen LogP contribution is -2.59. The van der Waals surface area contributed by atoms with Crippen molar-refractivity contribution in [1.82, 2.24) is 21.3 Å². The summed E-state index contributed by atoms with van der Waals surface area (Å²) in [5, 5.41) is 28.9. The van der Waals surface area contributed by atoms with E-state index in [1.165, 1.54) is 12.1 Å². The molecular formula is C30H47N5O8. The molecule has 0 aliphatic carbocycles. The van der Waals surface area contributed by atoms with Gasteiger partial charge in [-0.05, 0) is 48.3 Å². The van der Waals surface area contributed by atoms with Gasteiger partial charge in [-0.15, -0.1) is 0 Å². The number of carbonyl (C=O) groups is 6. The summed E-state index contributed by atoms with van der Waals surface area (Å²) >= 11 is 0. The molecule has 43 heavy (non-hydrogen) atoms. The van der Waals surface area contributed by atoms with Crippen molar-refractivity contribution in [1.29, 1.82) is 0 Å². The molecule has 13 nitrogen and oxygen atoms in total. The predicted molar refractivity (Wildman–Crippen MR) is 159 cm³/mol. The Hall–Kier alpha value is -4.16. The molecule has 0 aliphatic heterocycles. The fourth-order valence-corrected chi connectivity index (χ4v) is 4.31. The van der Waals surface area contributed by atoms with Gasteiger partial charge < -0.3 is 37.2 Å². The fraction of sp³-hybridized carbons (Fsp3) is 0.600. The van der Waals surface area contributed by atoms with Crippen molar-refractivity contribution in [3.63, 3.8) is 0 Å². The topological polar surface area (TPSA) is 217 Å². The van der Waals surface area contributed by atoms with Crippen molar-refractivity contribution in [2.45, 2.75) is 97.8 Å². The highest BCUT2D eigenvalue weighted by Crippen LogP contribution is 2.13. The molecule has 1 aromatic carbocycles. The lowest BCUT2D eigenvalue weighted by atomic mass is 9.98. The summed E-state index contributed by atoms with van der Waals surface area (Å²) in [5.41, 5.74) is 6.18. The number of phenols is 1. The van der Waals surface area contributed by atoms with E-state index >= 15 is 0 Å². The second kappa shape index (κ2) is 17.7. The van der Waals surface area contributed by atoms with Crippen LogP contribution in [0, 0.1) is 17.8 Å². The first-order chi connectivity index (χ1) is 20.0. The molecule has 0 aromatic heterocycles. The normalized spacial score (nSPS) is 14.0. The lowest BCUT2D eigenvalue weighted by molar-refractivity contribution is -0.139. The number of nitrogens with two attached hydrogens (primary N) is 1. The highest BCUT2D eigenvalue weighted by atomic mass is 16.4. The summed E-state index contributed by atoms with van der Waals surface area (Å²) in [6, 6.07) is 1.90. The van der Waals surface area contributed by atoms with Gasteiger partial charge in [0.15, 0.2) is 0 Å². The van der Waals surface area contributed by atoms with Crippen molar-refractivity contribution in [3.8, 4) is 5.75 Å². The number of aliphatic carboxylic acids is 1. The Morgan fingerprint density at radius 3 is 1.65 bits per heavy atom. The molecule has 0 fully saturated rings. The van der Waals surface area contributed by atoms with E-state index in [1.807, 2.05) is 27.7 Å². The summed E-state index contributed by atoms with van der Waals surface area (Å²) in [5.74, 6) is -4.75. The number of benzene rings is 1. The molecule has 1 rings (SSSR count). The molecule has 0 unspecified atom stereocenters. The van der Waals surface area contributed by atoms with Crippen molar-refractivity contribution < 1.29 is 39.0 Å². The van der Waals surface area contributed by atoms with Gasteiger partial charge in [0.2, 0.25) is 29.5 Å². The zero-order chi connectivity index (χ0) is 32.9. The SMILES string of the molecule is CC(C)C[C@H](NC(=O)CCC(=O)O)C(=O)N[C@@H](CC(C)C)C(=O)N[C@H](C(=O)N[C@@H](Cc1ccc(O)cc1)C(N)=O)C(C)C. The van der Waals surface area contributed by atoms with Crippen LogP contribution in [0.15, 0.2) is 24.3 Å². The Balaban J connectivity index is 3.07. The van der Waals surface area contributed by atoms with Crippen LogP contribution in [-0.4, -0.2) is 69.9 Å². The Labute approximate surface area is 252 Å². The van der Waals surface area contributed by atoms with Crippen molar-refractivity contribution in [2.75, 3.05) is 0 Å². The van der Waals surface area contributed by atoms with E-state index < -0.39 is 65.6 Å². The smallest absolute Gasteiger partial charge is 0.303 e. The van der Waals surface area contributed by atoms with Gasteiger partial charge in [0, 0.05) is 12.8 Å². The van der Waals surface area contributed by atoms with Gasteiger partial charge >= 0.3 is 5.97 Å². The minimum Gasteiger partial charge on any atom is -0.508 e. The number of rotatable bonds is 18. The van der Waals surface area contributed by atoms with Crippen LogP contribution in [-0.2, 0) is 35.2 Å². The quantitative estimate of drug-likeness (QED) is 0.128. The van der Waals surface area contributed by atoms with Gasteiger partial charge in [0.05, 0.1) is 6.42 Å².